The van der Waals surface area contributed by atoms with Gasteiger partial charge in [-0.3, -0.25) is 19.8 Å². The van der Waals surface area contributed by atoms with Crippen LogP contribution in [0.3, 0.4) is 0 Å². The maximum absolute atomic E-state index is 12.3. The molecule has 1 fully saturated rings. The van der Waals surface area contributed by atoms with Crippen molar-refractivity contribution in [2.75, 3.05) is 13.3 Å². The molecule has 0 unspecified atom stereocenters. The number of amides is 1. The van der Waals surface area contributed by atoms with Crippen LogP contribution in [-0.2, 0) is 4.79 Å². The summed E-state index contributed by atoms with van der Waals surface area (Å²) in [6, 6.07) is 2.81. The van der Waals surface area contributed by atoms with Gasteiger partial charge < -0.3 is 9.47 Å². The normalized spacial score (nSPS) is 18.1. The number of thiocarbonyl (C=S) groups is 1. The summed E-state index contributed by atoms with van der Waals surface area (Å²) in [5, 5.41) is 11.3. The number of rotatable bonds is 4. The lowest BCUT2D eigenvalue weighted by atomic mass is 10.1. The van der Waals surface area contributed by atoms with Gasteiger partial charge in [-0.1, -0.05) is 30.9 Å². The average Bonchev–Trinajstić information content (AvgIpc) is 3.06. The molecule has 2 aliphatic heterocycles. The Kier molecular flexibility index (Phi) is 4.22. The van der Waals surface area contributed by atoms with E-state index in [1.54, 1.807) is 0 Å². The van der Waals surface area contributed by atoms with Crippen LogP contribution in [0.1, 0.15) is 18.9 Å². The van der Waals surface area contributed by atoms with E-state index in [9.17, 15) is 14.9 Å². The molecule has 1 saturated heterocycles. The van der Waals surface area contributed by atoms with Crippen LogP contribution in [-0.4, -0.2) is 33.4 Å². The fourth-order valence-corrected chi connectivity index (χ4v) is 3.58. The highest BCUT2D eigenvalue weighted by atomic mass is 32.2. The Balaban J connectivity index is 2.01. The second-order valence-electron chi connectivity index (χ2n) is 4.85. The van der Waals surface area contributed by atoms with Crippen LogP contribution in [0.2, 0.25) is 0 Å². The molecule has 7 nitrogen and oxygen atoms in total. The first-order valence-electron chi connectivity index (χ1n) is 6.84. The van der Waals surface area contributed by atoms with Crippen LogP contribution in [0, 0.1) is 10.1 Å². The minimum Gasteiger partial charge on any atom is -0.454 e. The summed E-state index contributed by atoms with van der Waals surface area (Å²) in [5.74, 6) is 0.520. The molecule has 1 aromatic carbocycles. The zero-order valence-electron chi connectivity index (χ0n) is 12.1. The number of fused-ring (bicyclic) bond motifs is 1. The molecular formula is C14H12N2O5S2. The molecule has 23 heavy (non-hydrogen) atoms. The number of nitro benzene ring substituents is 1. The van der Waals surface area contributed by atoms with Crippen molar-refractivity contribution >= 4 is 46.0 Å². The average molecular weight is 352 g/mol. The van der Waals surface area contributed by atoms with E-state index in [-0.39, 0.29) is 24.0 Å². The standard InChI is InChI=1S/C14H12N2O5S2/c1-2-3-15-13(17)12(23-14(15)22)5-8-4-10-11(21-7-20-10)6-9(8)16(18)19/h4-6H,2-3,7H2,1H3/b12-5+. The Morgan fingerprint density at radius 1 is 1.43 bits per heavy atom. The third kappa shape index (κ3) is 2.89. The van der Waals surface area contributed by atoms with E-state index in [0.29, 0.717) is 27.3 Å². The second kappa shape index (κ2) is 6.17. The highest BCUT2D eigenvalue weighted by molar-refractivity contribution is 8.26. The fourth-order valence-electron chi connectivity index (χ4n) is 2.28. The highest BCUT2D eigenvalue weighted by Crippen LogP contribution is 2.40. The number of nitro groups is 1. The molecular weight excluding hydrogens is 340 g/mol. The molecule has 120 valence electrons. The Bertz CT molecular complexity index is 747. The second-order valence-corrected chi connectivity index (χ2v) is 6.53. The molecule has 2 heterocycles. The summed E-state index contributed by atoms with van der Waals surface area (Å²) in [5.41, 5.74) is 0.145. The topological polar surface area (TPSA) is 81.9 Å². The molecule has 0 aliphatic carbocycles. The van der Waals surface area contributed by atoms with Crippen LogP contribution in [0.5, 0.6) is 11.5 Å². The number of carbonyl (C=O) groups excluding carboxylic acids is 1. The number of carbonyl (C=O) groups is 1. The molecule has 0 radical (unpaired) electrons. The summed E-state index contributed by atoms with van der Waals surface area (Å²) in [6.45, 7) is 2.50. The van der Waals surface area contributed by atoms with E-state index < -0.39 is 4.92 Å². The summed E-state index contributed by atoms with van der Waals surface area (Å²) in [6.07, 6.45) is 2.26. The van der Waals surface area contributed by atoms with Gasteiger partial charge in [-0.25, -0.2) is 0 Å². The Morgan fingerprint density at radius 3 is 2.78 bits per heavy atom. The molecule has 0 saturated carbocycles. The first-order valence-corrected chi connectivity index (χ1v) is 8.07. The van der Waals surface area contributed by atoms with E-state index in [1.165, 1.54) is 23.1 Å². The first kappa shape index (κ1) is 15.8. The minimum absolute atomic E-state index is 0.0224. The Labute approximate surface area is 141 Å². The van der Waals surface area contributed by atoms with Gasteiger partial charge in [-0.15, -0.1) is 0 Å². The van der Waals surface area contributed by atoms with Gasteiger partial charge >= 0.3 is 0 Å². The van der Waals surface area contributed by atoms with Crippen molar-refractivity contribution in [3.63, 3.8) is 0 Å². The van der Waals surface area contributed by atoms with E-state index in [0.717, 1.165) is 18.2 Å². The van der Waals surface area contributed by atoms with Crippen molar-refractivity contribution in [2.45, 2.75) is 13.3 Å². The number of nitrogens with zero attached hydrogens (tertiary/aromatic N) is 2. The van der Waals surface area contributed by atoms with Gasteiger partial charge in [0, 0.05) is 6.54 Å². The van der Waals surface area contributed by atoms with E-state index in [4.69, 9.17) is 21.7 Å². The van der Waals surface area contributed by atoms with E-state index in [2.05, 4.69) is 0 Å². The number of hydrogen-bond donors (Lipinski definition) is 0. The maximum atomic E-state index is 12.3. The molecule has 3 rings (SSSR count). The lowest BCUT2D eigenvalue weighted by Crippen LogP contribution is -2.28. The molecule has 1 amide bonds. The van der Waals surface area contributed by atoms with Gasteiger partial charge in [0.05, 0.1) is 21.5 Å². The van der Waals surface area contributed by atoms with E-state index in [1.807, 2.05) is 6.92 Å². The molecule has 0 atom stereocenters. The molecule has 0 aromatic heterocycles. The highest BCUT2D eigenvalue weighted by Gasteiger charge is 2.32. The quantitative estimate of drug-likeness (QED) is 0.357. The van der Waals surface area contributed by atoms with Crippen LogP contribution < -0.4 is 9.47 Å². The van der Waals surface area contributed by atoms with Gasteiger partial charge in [-0.2, -0.15) is 0 Å². The Morgan fingerprint density at radius 2 is 2.13 bits per heavy atom. The minimum atomic E-state index is -0.513. The summed E-state index contributed by atoms with van der Waals surface area (Å²) < 4.78 is 10.9. The van der Waals surface area contributed by atoms with Gasteiger partial charge in [-0.05, 0) is 18.6 Å². The van der Waals surface area contributed by atoms with Crippen LogP contribution in [0.4, 0.5) is 5.69 Å². The number of ether oxygens (including phenoxy) is 2. The largest absolute Gasteiger partial charge is 0.454 e. The van der Waals surface area contributed by atoms with Gasteiger partial charge in [0.15, 0.2) is 11.5 Å². The molecule has 0 bridgehead atoms. The van der Waals surface area contributed by atoms with Crippen molar-refractivity contribution in [1.29, 1.82) is 0 Å². The molecule has 1 aromatic rings. The molecule has 2 aliphatic rings. The SMILES string of the molecule is CCCN1C(=O)/C(=C\c2cc3c(cc2[N+](=O)[O-])OCO3)SC1=S. The van der Waals surface area contributed by atoms with Crippen molar-refractivity contribution in [3.8, 4) is 11.5 Å². The van der Waals surface area contributed by atoms with Crippen LogP contribution in [0.15, 0.2) is 17.0 Å². The molecule has 0 N–H and O–H groups in total. The predicted octanol–water partition coefficient (Wildman–Crippen LogP) is 2.93. The van der Waals surface area contributed by atoms with Crippen molar-refractivity contribution in [2.24, 2.45) is 0 Å². The lowest BCUT2D eigenvalue weighted by Gasteiger charge is -2.11. The zero-order valence-corrected chi connectivity index (χ0v) is 13.7. The fraction of sp³-hybridized carbons (Fsp3) is 0.286. The van der Waals surface area contributed by atoms with Gasteiger partial charge in [0.1, 0.15) is 4.32 Å². The number of thioether (sulfide) groups is 1. The lowest BCUT2D eigenvalue weighted by molar-refractivity contribution is -0.385. The monoisotopic (exact) mass is 352 g/mol. The van der Waals surface area contributed by atoms with Crippen molar-refractivity contribution in [1.82, 2.24) is 4.90 Å². The zero-order chi connectivity index (χ0) is 16.6. The summed E-state index contributed by atoms with van der Waals surface area (Å²) in [4.78, 5) is 25.0. The van der Waals surface area contributed by atoms with Crippen LogP contribution in [0.25, 0.3) is 6.08 Å². The smallest absolute Gasteiger partial charge is 0.280 e. The summed E-state index contributed by atoms with van der Waals surface area (Å²) >= 11 is 6.33. The van der Waals surface area contributed by atoms with Crippen molar-refractivity contribution < 1.29 is 19.2 Å². The van der Waals surface area contributed by atoms with Gasteiger partial charge in [0.2, 0.25) is 6.79 Å². The van der Waals surface area contributed by atoms with Gasteiger partial charge in [0.25, 0.3) is 11.6 Å². The third-order valence-electron chi connectivity index (χ3n) is 3.33. The maximum Gasteiger partial charge on any atom is 0.280 e. The van der Waals surface area contributed by atoms with Crippen LogP contribution >= 0.6 is 24.0 Å². The predicted molar refractivity (Wildman–Crippen MR) is 89.4 cm³/mol. The first-order chi connectivity index (χ1) is 11.0. The molecule has 9 heteroatoms. The number of benzene rings is 1. The number of hydrogen-bond acceptors (Lipinski definition) is 7. The third-order valence-corrected chi connectivity index (χ3v) is 4.70. The van der Waals surface area contributed by atoms with Crippen molar-refractivity contribution in [3.05, 3.63) is 32.7 Å². The summed E-state index contributed by atoms with van der Waals surface area (Å²) in [7, 11) is 0. The molecule has 0 spiro atoms. The van der Waals surface area contributed by atoms with E-state index >= 15 is 0 Å². The Hall–Kier alpha value is -2.13.